The van der Waals surface area contributed by atoms with E-state index in [9.17, 15) is 4.79 Å². The standard InChI is InChI=1S/C25H32N4O/c1-24-11-8-17-15(4-7-21-25(17,2)12-9-22(30)29(21)3)16(24)5-6-18(24)23-27-19-10-13-26-14-20(19)28-23/h9-10,12-18,21H,4-8,11H2,1-3H3,(H,27,28)/t15?,16-,17?,18+,21+,24-,25+/m0/s1. The van der Waals surface area contributed by atoms with Crippen molar-refractivity contribution in [2.24, 2.45) is 28.6 Å². The third kappa shape index (κ3) is 2.32. The molecule has 5 heteroatoms. The number of carbonyl (C=O) groups excluding carboxylic acids is 1. The van der Waals surface area contributed by atoms with Crippen LogP contribution in [0.15, 0.2) is 30.6 Å². The first-order valence-corrected chi connectivity index (χ1v) is 11.7. The second-order valence-corrected chi connectivity index (χ2v) is 10.8. The van der Waals surface area contributed by atoms with E-state index in [1.54, 1.807) is 0 Å². The first-order chi connectivity index (χ1) is 14.4. The van der Waals surface area contributed by atoms with Gasteiger partial charge in [0.15, 0.2) is 0 Å². The molecule has 7 atom stereocenters. The van der Waals surface area contributed by atoms with Crippen molar-refractivity contribution >= 4 is 16.9 Å². The Bertz CT molecular complexity index is 1010. The molecule has 3 aliphatic carbocycles. The molecule has 6 rings (SSSR count). The molecule has 1 amide bonds. The maximum atomic E-state index is 12.3. The molecule has 3 fully saturated rings. The highest BCUT2D eigenvalue weighted by molar-refractivity contribution is 5.89. The Labute approximate surface area is 178 Å². The van der Waals surface area contributed by atoms with Crippen LogP contribution in [0, 0.1) is 28.6 Å². The van der Waals surface area contributed by atoms with E-state index < -0.39 is 0 Å². The molecule has 0 radical (unpaired) electrons. The molecule has 2 unspecified atom stereocenters. The second kappa shape index (κ2) is 6.18. The number of hydrogen-bond acceptors (Lipinski definition) is 3. The predicted octanol–water partition coefficient (Wildman–Crippen LogP) is 4.68. The highest BCUT2D eigenvalue weighted by Crippen LogP contribution is 2.67. The van der Waals surface area contributed by atoms with Crippen LogP contribution in [0.25, 0.3) is 11.0 Å². The minimum absolute atomic E-state index is 0.121. The average molecular weight is 405 g/mol. The van der Waals surface area contributed by atoms with Gasteiger partial charge in [-0.05, 0) is 73.8 Å². The van der Waals surface area contributed by atoms with Crippen LogP contribution in [-0.4, -0.2) is 38.8 Å². The maximum absolute atomic E-state index is 12.3. The molecule has 0 aromatic carbocycles. The fourth-order valence-corrected chi connectivity index (χ4v) is 8.23. The topological polar surface area (TPSA) is 61.9 Å². The molecule has 2 aromatic heterocycles. The summed E-state index contributed by atoms with van der Waals surface area (Å²) in [4.78, 5) is 27.1. The molecule has 0 spiro atoms. The summed E-state index contributed by atoms with van der Waals surface area (Å²) in [6.45, 7) is 4.97. The van der Waals surface area contributed by atoms with Crippen molar-refractivity contribution < 1.29 is 4.79 Å². The van der Waals surface area contributed by atoms with Crippen molar-refractivity contribution in [3.63, 3.8) is 0 Å². The Morgan fingerprint density at radius 1 is 1.13 bits per heavy atom. The van der Waals surface area contributed by atoms with E-state index in [2.05, 4.69) is 29.9 Å². The first kappa shape index (κ1) is 18.6. The van der Waals surface area contributed by atoms with Crippen molar-refractivity contribution in [1.29, 1.82) is 0 Å². The molecule has 0 saturated heterocycles. The van der Waals surface area contributed by atoms with E-state index in [1.807, 2.05) is 36.5 Å². The molecule has 3 heterocycles. The number of hydrogen-bond donors (Lipinski definition) is 1. The van der Waals surface area contributed by atoms with Gasteiger partial charge in [-0.15, -0.1) is 0 Å². The summed E-state index contributed by atoms with van der Waals surface area (Å²) in [7, 11) is 2.00. The number of nitrogens with one attached hydrogen (secondary N) is 1. The predicted molar refractivity (Wildman–Crippen MR) is 117 cm³/mol. The van der Waals surface area contributed by atoms with Crippen LogP contribution in [-0.2, 0) is 4.79 Å². The molecular formula is C25H32N4O. The summed E-state index contributed by atoms with van der Waals surface area (Å²) in [5.41, 5.74) is 2.53. The number of imidazole rings is 1. The van der Waals surface area contributed by atoms with Gasteiger partial charge in [0.1, 0.15) is 5.82 Å². The molecule has 1 N–H and O–H groups in total. The van der Waals surface area contributed by atoms with Crippen molar-refractivity contribution in [3.05, 3.63) is 36.4 Å². The zero-order chi connectivity index (χ0) is 20.7. The smallest absolute Gasteiger partial charge is 0.246 e. The summed E-state index contributed by atoms with van der Waals surface area (Å²) in [5, 5.41) is 0. The second-order valence-electron chi connectivity index (χ2n) is 10.8. The van der Waals surface area contributed by atoms with Crippen molar-refractivity contribution in [2.75, 3.05) is 7.05 Å². The maximum Gasteiger partial charge on any atom is 0.246 e. The molecule has 1 aliphatic heterocycles. The summed E-state index contributed by atoms with van der Waals surface area (Å²) >= 11 is 0. The van der Waals surface area contributed by atoms with Crippen molar-refractivity contribution in [1.82, 2.24) is 19.9 Å². The average Bonchev–Trinajstić information content (AvgIpc) is 3.31. The number of fused-ring (bicyclic) bond motifs is 6. The largest absolute Gasteiger partial charge is 0.340 e. The van der Waals surface area contributed by atoms with Gasteiger partial charge in [-0.25, -0.2) is 4.98 Å². The van der Waals surface area contributed by atoms with Crippen LogP contribution in [0.1, 0.15) is 64.1 Å². The molecule has 4 aliphatic rings. The number of likely N-dealkylation sites (N-methyl/N-ethyl adjacent to an activating group) is 1. The van der Waals surface area contributed by atoms with Crippen molar-refractivity contribution in [2.45, 2.75) is 64.3 Å². The van der Waals surface area contributed by atoms with Crippen LogP contribution in [0.4, 0.5) is 0 Å². The van der Waals surface area contributed by atoms with Gasteiger partial charge in [-0.2, -0.15) is 0 Å². The Hall–Kier alpha value is -2.17. The number of amides is 1. The summed E-state index contributed by atoms with van der Waals surface area (Å²) in [5.74, 6) is 4.04. The van der Waals surface area contributed by atoms with E-state index >= 15 is 0 Å². The molecule has 5 nitrogen and oxygen atoms in total. The summed E-state index contributed by atoms with van der Waals surface area (Å²) in [6.07, 6.45) is 15.3. The Morgan fingerprint density at radius 3 is 2.83 bits per heavy atom. The fourth-order valence-electron chi connectivity index (χ4n) is 8.23. The molecule has 2 aromatic rings. The van der Waals surface area contributed by atoms with Gasteiger partial charge < -0.3 is 9.88 Å². The van der Waals surface area contributed by atoms with E-state index in [1.165, 1.54) is 37.9 Å². The lowest BCUT2D eigenvalue weighted by molar-refractivity contribution is -0.138. The van der Waals surface area contributed by atoms with Crippen LogP contribution in [0.3, 0.4) is 0 Å². The van der Waals surface area contributed by atoms with Gasteiger partial charge in [-0.3, -0.25) is 9.78 Å². The Balaban J connectivity index is 1.34. The zero-order valence-electron chi connectivity index (χ0n) is 18.3. The van der Waals surface area contributed by atoms with Crippen LogP contribution in [0.2, 0.25) is 0 Å². The van der Waals surface area contributed by atoms with Gasteiger partial charge in [0.25, 0.3) is 0 Å². The number of nitrogens with zero attached hydrogens (tertiary/aromatic N) is 3. The quantitative estimate of drug-likeness (QED) is 0.751. The van der Waals surface area contributed by atoms with Gasteiger partial charge in [0, 0.05) is 30.6 Å². The SMILES string of the molecule is CN1C(=O)C=C[C@]2(C)C3CC[C@]4(C)[C@@H](c5nc6ccncc6[nH]5)CC[C@H]4C3CC[C@@H]12. The first-order valence-electron chi connectivity index (χ1n) is 11.7. The number of aromatic amines is 1. The number of H-pyrrole nitrogens is 1. The van der Waals surface area contributed by atoms with E-state index in [0.29, 0.717) is 23.3 Å². The number of rotatable bonds is 1. The molecule has 3 saturated carbocycles. The van der Waals surface area contributed by atoms with E-state index in [-0.39, 0.29) is 11.3 Å². The van der Waals surface area contributed by atoms with Gasteiger partial charge in [0.05, 0.1) is 17.2 Å². The lowest BCUT2D eigenvalue weighted by atomic mass is 9.47. The monoisotopic (exact) mass is 404 g/mol. The van der Waals surface area contributed by atoms with Crippen LogP contribution < -0.4 is 0 Å². The minimum Gasteiger partial charge on any atom is -0.340 e. The van der Waals surface area contributed by atoms with Crippen molar-refractivity contribution in [3.8, 4) is 0 Å². The fraction of sp³-hybridized carbons (Fsp3) is 0.640. The van der Waals surface area contributed by atoms with Gasteiger partial charge in [0.2, 0.25) is 5.91 Å². The molecule has 0 bridgehead atoms. The molecular weight excluding hydrogens is 372 g/mol. The number of pyridine rings is 1. The third-order valence-electron chi connectivity index (χ3n) is 9.76. The third-order valence-corrected chi connectivity index (χ3v) is 9.76. The van der Waals surface area contributed by atoms with E-state index in [0.717, 1.165) is 29.3 Å². The molecule has 30 heavy (non-hydrogen) atoms. The lowest BCUT2D eigenvalue weighted by Crippen LogP contribution is -2.59. The Kier molecular flexibility index (Phi) is 3.83. The highest BCUT2D eigenvalue weighted by Gasteiger charge is 2.60. The Morgan fingerprint density at radius 2 is 2.00 bits per heavy atom. The number of carbonyl (C=O) groups is 1. The summed E-state index contributed by atoms with van der Waals surface area (Å²) in [6, 6.07) is 2.37. The van der Waals surface area contributed by atoms with Crippen LogP contribution >= 0.6 is 0 Å². The molecule has 158 valence electrons. The number of aromatic nitrogens is 3. The normalized spacial score (nSPS) is 42.8. The lowest BCUT2D eigenvalue weighted by Gasteiger charge is -2.60. The van der Waals surface area contributed by atoms with Gasteiger partial charge >= 0.3 is 0 Å². The zero-order valence-corrected chi connectivity index (χ0v) is 18.3. The van der Waals surface area contributed by atoms with E-state index in [4.69, 9.17) is 4.98 Å². The summed E-state index contributed by atoms with van der Waals surface area (Å²) < 4.78 is 0. The van der Waals surface area contributed by atoms with Gasteiger partial charge in [-0.1, -0.05) is 19.9 Å². The van der Waals surface area contributed by atoms with Crippen LogP contribution in [0.5, 0.6) is 0 Å². The minimum atomic E-state index is 0.121. The highest BCUT2D eigenvalue weighted by atomic mass is 16.2.